The Hall–Kier alpha value is -4.37. The Morgan fingerprint density at radius 1 is 1.05 bits per heavy atom. The largest absolute Gasteiger partial charge is 0.504 e. The molecule has 40 heavy (non-hydrogen) atoms. The second-order valence-corrected chi connectivity index (χ2v) is 10.4. The number of nitrogens with zero attached hydrogens (tertiary/aromatic N) is 3. The van der Waals surface area contributed by atoms with Crippen molar-refractivity contribution in [1.82, 2.24) is 9.47 Å². The van der Waals surface area contributed by atoms with Gasteiger partial charge in [0.2, 0.25) is 0 Å². The topological polar surface area (TPSA) is 93.4 Å². The fourth-order valence-electron chi connectivity index (χ4n) is 5.25. The molecule has 0 unspecified atom stereocenters. The van der Waals surface area contributed by atoms with Crippen molar-refractivity contribution < 1.29 is 19.4 Å². The summed E-state index contributed by atoms with van der Waals surface area (Å²) in [7, 11) is 3.06. The molecule has 1 N–H and O–H groups in total. The third-order valence-corrected chi connectivity index (χ3v) is 8.25. The lowest BCUT2D eigenvalue weighted by Crippen LogP contribution is -2.43. The van der Waals surface area contributed by atoms with Gasteiger partial charge in [-0.3, -0.25) is 14.2 Å². The van der Waals surface area contributed by atoms with E-state index in [9.17, 15) is 14.7 Å². The molecule has 1 aliphatic rings. The van der Waals surface area contributed by atoms with Crippen LogP contribution in [-0.4, -0.2) is 47.8 Å². The molecule has 3 aromatic carbocycles. The normalized spacial score (nSPS) is 15.1. The molecular weight excluding hydrogens is 526 g/mol. The zero-order valence-corrected chi connectivity index (χ0v) is 23.9. The standard InChI is InChI=1S/C31H31N3O5S/c1-6-33(7-2)30(37)25-18(3)32-31-34(27(25)26-21-13-9-8-11-19(21)15-16-22(26)38-4)29(36)24(40-31)17-20-12-10-14-23(39-5)28(20)35/h8-17,27,35H,6-7H2,1-5H3/b24-17+/t27-/m0/s1. The van der Waals surface area contributed by atoms with Gasteiger partial charge < -0.3 is 19.5 Å². The molecule has 0 saturated carbocycles. The van der Waals surface area contributed by atoms with E-state index in [-0.39, 0.29) is 17.2 Å². The summed E-state index contributed by atoms with van der Waals surface area (Å²) in [6.07, 6.45) is 1.63. The Morgan fingerprint density at radius 2 is 1.77 bits per heavy atom. The fourth-order valence-corrected chi connectivity index (χ4v) is 6.28. The van der Waals surface area contributed by atoms with Gasteiger partial charge >= 0.3 is 0 Å². The average Bonchev–Trinajstić information content (AvgIpc) is 3.27. The molecule has 1 aliphatic heterocycles. The number of phenolic OH excluding ortho intramolecular Hbond substituents is 1. The molecule has 206 valence electrons. The lowest BCUT2D eigenvalue weighted by Gasteiger charge is -2.30. The number of likely N-dealkylation sites (N-methyl/N-ethyl adjacent to an activating group) is 1. The SMILES string of the molecule is CCN(CC)C(=O)C1=C(C)N=c2s/c(=C/c3cccc(OC)c3O)c(=O)n2[C@@H]1c1c(OC)ccc2ccccc12. The number of methoxy groups -OCH3 is 2. The van der Waals surface area contributed by atoms with Gasteiger partial charge in [0, 0.05) is 24.2 Å². The van der Waals surface area contributed by atoms with Gasteiger partial charge in [-0.25, -0.2) is 4.99 Å². The summed E-state index contributed by atoms with van der Waals surface area (Å²) in [4.78, 5) is 35.2. The quantitative estimate of drug-likeness (QED) is 0.371. The summed E-state index contributed by atoms with van der Waals surface area (Å²) in [6.45, 7) is 6.71. The first-order valence-electron chi connectivity index (χ1n) is 13.1. The van der Waals surface area contributed by atoms with Gasteiger partial charge in [0.1, 0.15) is 11.8 Å². The number of ether oxygens (including phenoxy) is 2. The van der Waals surface area contributed by atoms with Crippen LogP contribution < -0.4 is 24.4 Å². The summed E-state index contributed by atoms with van der Waals surface area (Å²) in [6, 6.07) is 16.0. The first-order chi connectivity index (χ1) is 19.3. The maximum Gasteiger partial charge on any atom is 0.271 e. The van der Waals surface area contributed by atoms with Crippen LogP contribution in [0.2, 0.25) is 0 Å². The third kappa shape index (κ3) is 4.46. The smallest absolute Gasteiger partial charge is 0.271 e. The second kappa shape index (κ2) is 11.0. The fraction of sp³-hybridized carbons (Fsp3) is 0.258. The number of rotatable bonds is 7. The van der Waals surface area contributed by atoms with E-state index in [4.69, 9.17) is 14.5 Å². The van der Waals surface area contributed by atoms with Gasteiger partial charge in [-0.05, 0) is 49.8 Å². The number of benzene rings is 3. The third-order valence-electron chi connectivity index (χ3n) is 7.26. The van der Waals surface area contributed by atoms with E-state index in [2.05, 4.69) is 0 Å². The van der Waals surface area contributed by atoms with Crippen molar-refractivity contribution in [3.05, 3.63) is 96.7 Å². The van der Waals surface area contributed by atoms with E-state index in [1.165, 1.54) is 18.4 Å². The minimum absolute atomic E-state index is 0.0586. The molecule has 9 heteroatoms. The number of phenols is 1. The first kappa shape index (κ1) is 27.2. The molecule has 1 atom stereocenters. The van der Waals surface area contributed by atoms with Crippen molar-refractivity contribution in [2.45, 2.75) is 26.8 Å². The molecule has 0 fully saturated rings. The molecule has 8 nitrogen and oxygen atoms in total. The highest BCUT2D eigenvalue weighted by Crippen LogP contribution is 2.40. The molecular formula is C31H31N3O5S. The number of thiazole rings is 1. The molecule has 1 amide bonds. The van der Waals surface area contributed by atoms with Crippen molar-refractivity contribution in [3.63, 3.8) is 0 Å². The Morgan fingerprint density at radius 3 is 2.48 bits per heavy atom. The van der Waals surface area contributed by atoms with Gasteiger partial charge in [0.05, 0.1) is 30.0 Å². The van der Waals surface area contributed by atoms with E-state index in [0.29, 0.717) is 50.8 Å². The lowest BCUT2D eigenvalue weighted by molar-refractivity contribution is -0.127. The molecule has 2 heterocycles. The Kier molecular flexibility index (Phi) is 7.49. The van der Waals surface area contributed by atoms with E-state index in [1.54, 1.807) is 40.9 Å². The Bertz CT molecular complexity index is 1830. The maximum atomic E-state index is 14.2. The molecule has 0 saturated heterocycles. The maximum absolute atomic E-state index is 14.2. The highest BCUT2D eigenvalue weighted by Gasteiger charge is 2.36. The van der Waals surface area contributed by atoms with Crippen molar-refractivity contribution in [3.8, 4) is 17.2 Å². The van der Waals surface area contributed by atoms with Crippen LogP contribution in [0.25, 0.3) is 16.8 Å². The predicted molar refractivity (Wildman–Crippen MR) is 157 cm³/mol. The zero-order chi connectivity index (χ0) is 28.6. The van der Waals surface area contributed by atoms with Crippen LogP contribution in [0.4, 0.5) is 0 Å². The highest BCUT2D eigenvalue weighted by atomic mass is 32.1. The number of amides is 1. The molecule has 1 aromatic heterocycles. The summed E-state index contributed by atoms with van der Waals surface area (Å²) in [5.74, 6) is 0.647. The monoisotopic (exact) mass is 557 g/mol. The number of hydrogen-bond donors (Lipinski definition) is 1. The molecule has 5 rings (SSSR count). The minimum atomic E-state index is -0.772. The second-order valence-electron chi connectivity index (χ2n) is 9.36. The number of fused-ring (bicyclic) bond motifs is 2. The summed E-state index contributed by atoms with van der Waals surface area (Å²) < 4.78 is 13.0. The van der Waals surface area contributed by atoms with Crippen molar-refractivity contribution in [2.24, 2.45) is 4.99 Å². The first-order valence-corrected chi connectivity index (χ1v) is 13.9. The van der Waals surface area contributed by atoms with Crippen LogP contribution in [0.3, 0.4) is 0 Å². The number of allylic oxidation sites excluding steroid dienone is 1. The van der Waals surface area contributed by atoms with Crippen LogP contribution in [0, 0.1) is 0 Å². The van der Waals surface area contributed by atoms with Crippen molar-refractivity contribution in [2.75, 3.05) is 27.3 Å². The Labute approximate surface area is 235 Å². The highest BCUT2D eigenvalue weighted by molar-refractivity contribution is 7.07. The average molecular weight is 558 g/mol. The molecule has 0 spiro atoms. The van der Waals surface area contributed by atoms with Crippen LogP contribution in [0.15, 0.2) is 75.7 Å². The van der Waals surface area contributed by atoms with Crippen LogP contribution in [0.1, 0.15) is 37.9 Å². The van der Waals surface area contributed by atoms with E-state index in [0.717, 1.165) is 16.3 Å². The molecule has 0 aliphatic carbocycles. The molecule has 0 bridgehead atoms. The number of hydrogen-bond acceptors (Lipinski definition) is 7. The van der Waals surface area contributed by atoms with E-state index in [1.807, 2.05) is 57.2 Å². The number of para-hydroxylation sites is 1. The van der Waals surface area contributed by atoms with Gasteiger partial charge in [-0.1, -0.05) is 53.8 Å². The van der Waals surface area contributed by atoms with Crippen molar-refractivity contribution in [1.29, 1.82) is 0 Å². The minimum Gasteiger partial charge on any atom is -0.504 e. The van der Waals surface area contributed by atoms with Crippen LogP contribution in [0.5, 0.6) is 17.2 Å². The molecule has 4 aromatic rings. The predicted octanol–water partition coefficient (Wildman–Crippen LogP) is 3.98. The zero-order valence-electron chi connectivity index (χ0n) is 23.1. The number of carbonyl (C=O) groups is 1. The van der Waals surface area contributed by atoms with E-state index >= 15 is 0 Å². The number of aromatic hydroxyl groups is 1. The number of aromatic nitrogens is 1. The van der Waals surface area contributed by atoms with Gasteiger partial charge in [0.15, 0.2) is 16.3 Å². The van der Waals surface area contributed by atoms with Crippen molar-refractivity contribution >= 4 is 34.1 Å². The van der Waals surface area contributed by atoms with Gasteiger partial charge in [0.25, 0.3) is 11.5 Å². The van der Waals surface area contributed by atoms with Crippen LogP contribution >= 0.6 is 11.3 Å². The number of carbonyl (C=O) groups excluding carboxylic acids is 1. The van der Waals surface area contributed by atoms with Gasteiger partial charge in [-0.15, -0.1) is 0 Å². The summed E-state index contributed by atoms with van der Waals surface area (Å²) >= 11 is 1.21. The van der Waals surface area contributed by atoms with Crippen LogP contribution in [-0.2, 0) is 4.79 Å². The lowest BCUT2D eigenvalue weighted by atomic mass is 9.90. The summed E-state index contributed by atoms with van der Waals surface area (Å²) in [5.41, 5.74) is 1.83. The van der Waals surface area contributed by atoms with E-state index < -0.39 is 6.04 Å². The Balaban J connectivity index is 1.86. The van der Waals surface area contributed by atoms with Gasteiger partial charge in [-0.2, -0.15) is 0 Å². The summed E-state index contributed by atoms with van der Waals surface area (Å²) in [5, 5.41) is 12.5. The molecule has 0 radical (unpaired) electrons.